The van der Waals surface area contributed by atoms with Gasteiger partial charge in [-0.1, -0.05) is 23.8 Å². The molecule has 0 aliphatic carbocycles. The Morgan fingerprint density at radius 2 is 1.65 bits per heavy atom. The highest BCUT2D eigenvalue weighted by atomic mass is 32.1. The number of hydrogen-bond acceptors (Lipinski definition) is 5. The zero-order valence-electron chi connectivity index (χ0n) is 18.0. The molecule has 1 aromatic carbocycles. The number of piperazine rings is 1. The van der Waals surface area contributed by atoms with Gasteiger partial charge in [-0.3, -0.25) is 24.2 Å². The van der Waals surface area contributed by atoms with Crippen molar-refractivity contribution in [2.45, 2.75) is 32.7 Å². The van der Waals surface area contributed by atoms with Crippen LogP contribution < -0.4 is 0 Å². The summed E-state index contributed by atoms with van der Waals surface area (Å²) >= 11 is 5.38. The van der Waals surface area contributed by atoms with Crippen LogP contribution in [0.3, 0.4) is 0 Å². The number of piperidine rings is 1. The molecule has 0 radical (unpaired) electrons. The second-order valence-electron chi connectivity index (χ2n) is 8.41. The molecule has 8 nitrogen and oxygen atoms in total. The van der Waals surface area contributed by atoms with Crippen LogP contribution in [0, 0.1) is 11.7 Å². The maximum absolute atomic E-state index is 13.0. The number of hydrogen-bond donors (Lipinski definition) is 1. The molecule has 1 aromatic heterocycles. The van der Waals surface area contributed by atoms with Gasteiger partial charge in [0, 0.05) is 44.8 Å². The van der Waals surface area contributed by atoms with Crippen LogP contribution in [0.4, 0.5) is 0 Å². The van der Waals surface area contributed by atoms with Gasteiger partial charge < -0.3 is 9.80 Å². The van der Waals surface area contributed by atoms with Crippen molar-refractivity contribution in [2.75, 3.05) is 45.8 Å². The number of aryl methyl sites for hydroxylation is 1. The fourth-order valence-electron chi connectivity index (χ4n) is 4.29. The second kappa shape index (κ2) is 9.74. The molecular formula is C22H30N6O2S. The van der Waals surface area contributed by atoms with Gasteiger partial charge in [-0.15, -0.1) is 0 Å². The average molecular weight is 443 g/mol. The van der Waals surface area contributed by atoms with Gasteiger partial charge in [-0.2, -0.15) is 5.10 Å². The summed E-state index contributed by atoms with van der Waals surface area (Å²) in [5.74, 6) is 0.910. The first-order chi connectivity index (χ1) is 15.0. The highest BCUT2D eigenvalue weighted by Crippen LogP contribution is 2.19. The first kappa shape index (κ1) is 21.7. The summed E-state index contributed by atoms with van der Waals surface area (Å²) in [6, 6.07) is 8.00. The van der Waals surface area contributed by atoms with E-state index < -0.39 is 0 Å². The Balaban J connectivity index is 1.33. The van der Waals surface area contributed by atoms with Crippen LogP contribution in [0.1, 0.15) is 24.8 Å². The molecule has 9 heteroatoms. The van der Waals surface area contributed by atoms with Crippen molar-refractivity contribution in [1.29, 1.82) is 0 Å². The van der Waals surface area contributed by atoms with E-state index in [1.807, 2.05) is 41.0 Å². The minimum Gasteiger partial charge on any atom is -0.342 e. The van der Waals surface area contributed by atoms with Crippen LogP contribution in [-0.4, -0.2) is 87.1 Å². The first-order valence-electron chi connectivity index (χ1n) is 11.0. The van der Waals surface area contributed by atoms with Crippen molar-refractivity contribution in [3.63, 3.8) is 0 Å². The van der Waals surface area contributed by atoms with Crippen molar-refractivity contribution in [3.8, 4) is 11.4 Å². The number of carbonyl (C=O) groups excluding carboxylic acids is 2. The third-order valence-corrected chi connectivity index (χ3v) is 6.43. The zero-order chi connectivity index (χ0) is 21.8. The molecule has 2 fully saturated rings. The van der Waals surface area contributed by atoms with Crippen molar-refractivity contribution >= 4 is 24.0 Å². The maximum atomic E-state index is 13.0. The standard InChI is InChI=1S/C22H30N6O2S/c1-17-6-5-7-18(14-17)21-23-24-22(31)28(21)16-20(30)27-12-10-25(11-13-27)15-19(29)26-8-3-2-4-9-26/h5-7,14H,2-4,8-13,15-16H2,1H3,(H,24,31). The van der Waals surface area contributed by atoms with Crippen molar-refractivity contribution in [2.24, 2.45) is 0 Å². The molecule has 4 rings (SSSR count). The molecule has 1 N–H and O–H groups in total. The SMILES string of the molecule is Cc1cccc(-c2n[nH]c(=S)n2CC(=O)N2CCN(CC(=O)N3CCCCC3)CC2)c1. The number of aromatic nitrogens is 3. The Hall–Kier alpha value is -2.52. The summed E-state index contributed by atoms with van der Waals surface area (Å²) < 4.78 is 2.20. The van der Waals surface area contributed by atoms with E-state index in [9.17, 15) is 9.59 Å². The highest BCUT2D eigenvalue weighted by molar-refractivity contribution is 7.71. The van der Waals surface area contributed by atoms with Crippen molar-refractivity contribution < 1.29 is 9.59 Å². The maximum Gasteiger partial charge on any atom is 0.242 e. The molecule has 2 amide bonds. The smallest absolute Gasteiger partial charge is 0.242 e. The van der Waals surface area contributed by atoms with Gasteiger partial charge in [0.25, 0.3) is 0 Å². The quantitative estimate of drug-likeness (QED) is 0.718. The molecule has 31 heavy (non-hydrogen) atoms. The Morgan fingerprint density at radius 3 is 2.35 bits per heavy atom. The summed E-state index contributed by atoms with van der Waals surface area (Å²) in [7, 11) is 0. The van der Waals surface area contributed by atoms with Gasteiger partial charge >= 0.3 is 0 Å². The fraction of sp³-hybridized carbons (Fsp3) is 0.545. The number of nitrogens with zero attached hydrogens (tertiary/aromatic N) is 5. The van der Waals surface area contributed by atoms with Crippen LogP contribution >= 0.6 is 12.2 Å². The van der Waals surface area contributed by atoms with E-state index in [1.165, 1.54) is 6.42 Å². The number of H-pyrrole nitrogens is 1. The Labute approximate surface area is 187 Å². The summed E-state index contributed by atoms with van der Waals surface area (Å²) in [6.45, 7) is 7.07. The van der Waals surface area contributed by atoms with Crippen LogP contribution in [0.25, 0.3) is 11.4 Å². The topological polar surface area (TPSA) is 77.5 Å². The van der Waals surface area contributed by atoms with Crippen LogP contribution in [0.5, 0.6) is 0 Å². The molecule has 166 valence electrons. The molecule has 2 aromatic rings. The lowest BCUT2D eigenvalue weighted by Crippen LogP contribution is -2.52. The largest absolute Gasteiger partial charge is 0.342 e. The Kier molecular flexibility index (Phi) is 6.82. The van der Waals surface area contributed by atoms with E-state index in [0.29, 0.717) is 43.3 Å². The van der Waals surface area contributed by atoms with E-state index in [4.69, 9.17) is 12.2 Å². The number of likely N-dealkylation sites (tertiary alicyclic amines) is 1. The third-order valence-electron chi connectivity index (χ3n) is 6.12. The van der Waals surface area contributed by atoms with Gasteiger partial charge in [0.2, 0.25) is 11.8 Å². The molecule has 2 saturated heterocycles. The van der Waals surface area contributed by atoms with E-state index >= 15 is 0 Å². The van der Waals surface area contributed by atoms with Crippen molar-refractivity contribution in [1.82, 2.24) is 29.5 Å². The molecule has 0 saturated carbocycles. The molecular weight excluding hydrogens is 412 g/mol. The number of aromatic amines is 1. The molecule has 0 unspecified atom stereocenters. The van der Waals surface area contributed by atoms with Crippen LogP contribution in [-0.2, 0) is 16.1 Å². The molecule has 0 atom stereocenters. The molecule has 2 aliphatic rings. The molecule has 2 aliphatic heterocycles. The number of carbonyl (C=O) groups is 2. The lowest BCUT2D eigenvalue weighted by atomic mass is 10.1. The second-order valence-corrected chi connectivity index (χ2v) is 8.79. The van der Waals surface area contributed by atoms with Gasteiger partial charge in [-0.05, 0) is 44.5 Å². The summed E-state index contributed by atoms with van der Waals surface area (Å²) in [5, 5.41) is 7.16. The fourth-order valence-corrected chi connectivity index (χ4v) is 4.49. The van der Waals surface area contributed by atoms with Crippen LogP contribution in [0.2, 0.25) is 0 Å². The van der Waals surface area contributed by atoms with Crippen molar-refractivity contribution in [3.05, 3.63) is 34.6 Å². The van der Waals surface area contributed by atoms with Gasteiger partial charge in [0.05, 0.1) is 6.54 Å². The predicted octanol–water partition coefficient (Wildman–Crippen LogP) is 2.07. The molecule has 3 heterocycles. The van der Waals surface area contributed by atoms with E-state index in [0.717, 1.165) is 37.1 Å². The highest BCUT2D eigenvalue weighted by Gasteiger charge is 2.25. The normalized spacial score (nSPS) is 17.7. The summed E-state index contributed by atoms with van der Waals surface area (Å²) in [4.78, 5) is 31.5. The van der Waals surface area contributed by atoms with E-state index in [2.05, 4.69) is 15.1 Å². The third kappa shape index (κ3) is 5.22. The number of benzene rings is 1. The summed E-state index contributed by atoms with van der Waals surface area (Å²) in [6.07, 6.45) is 3.43. The van der Waals surface area contributed by atoms with Crippen LogP contribution in [0.15, 0.2) is 24.3 Å². The monoisotopic (exact) mass is 442 g/mol. The van der Waals surface area contributed by atoms with Gasteiger partial charge in [0.1, 0.15) is 6.54 Å². The molecule has 0 spiro atoms. The molecule has 0 bridgehead atoms. The minimum absolute atomic E-state index is 0.0217. The van der Waals surface area contributed by atoms with E-state index in [-0.39, 0.29) is 18.4 Å². The first-order valence-corrected chi connectivity index (χ1v) is 11.4. The number of nitrogens with one attached hydrogen (secondary N) is 1. The van der Waals surface area contributed by atoms with Gasteiger partial charge in [0.15, 0.2) is 10.6 Å². The minimum atomic E-state index is 0.0217. The zero-order valence-corrected chi connectivity index (χ0v) is 18.9. The Bertz CT molecular complexity index is 986. The Morgan fingerprint density at radius 1 is 0.968 bits per heavy atom. The number of rotatable bonds is 5. The lowest BCUT2D eigenvalue weighted by molar-refractivity contribution is -0.136. The average Bonchev–Trinajstić information content (AvgIpc) is 3.15. The van der Waals surface area contributed by atoms with Gasteiger partial charge in [-0.25, -0.2) is 0 Å². The van der Waals surface area contributed by atoms with E-state index in [1.54, 1.807) is 4.57 Å². The predicted molar refractivity (Wildman–Crippen MR) is 121 cm³/mol. The lowest BCUT2D eigenvalue weighted by Gasteiger charge is -2.36. The summed E-state index contributed by atoms with van der Waals surface area (Å²) in [5.41, 5.74) is 2.06. The number of amides is 2.